The zero-order chi connectivity index (χ0) is 22.2. The molecule has 0 saturated carbocycles. The third-order valence-electron chi connectivity index (χ3n) is 4.67. The summed E-state index contributed by atoms with van der Waals surface area (Å²) in [5.74, 6) is -1.52. The quantitative estimate of drug-likeness (QED) is 0.616. The van der Waals surface area contributed by atoms with Gasteiger partial charge in [-0.3, -0.25) is 9.59 Å². The lowest BCUT2D eigenvalue weighted by molar-refractivity contribution is -0.137. The van der Waals surface area contributed by atoms with Gasteiger partial charge in [0.25, 0.3) is 11.8 Å². The highest BCUT2D eigenvalue weighted by Crippen LogP contribution is 2.39. The number of nitrogens with zero attached hydrogens (tertiary/aromatic N) is 2. The number of amides is 2. The van der Waals surface area contributed by atoms with Gasteiger partial charge in [-0.15, -0.1) is 0 Å². The zero-order valence-electron chi connectivity index (χ0n) is 15.1. The van der Waals surface area contributed by atoms with Gasteiger partial charge in [0.05, 0.1) is 20.6 Å². The normalized spacial score (nSPS) is 14.7. The van der Waals surface area contributed by atoms with E-state index in [1.165, 1.54) is 15.9 Å². The van der Waals surface area contributed by atoms with Crippen molar-refractivity contribution in [3.63, 3.8) is 0 Å². The van der Waals surface area contributed by atoms with Crippen molar-refractivity contribution in [3.05, 3.63) is 62.1 Å². The van der Waals surface area contributed by atoms with Crippen molar-refractivity contribution in [1.82, 2.24) is 9.80 Å². The topological polar surface area (TPSA) is 60.9 Å². The van der Waals surface area contributed by atoms with Crippen molar-refractivity contribution < 1.29 is 27.9 Å². The van der Waals surface area contributed by atoms with E-state index in [1.54, 1.807) is 0 Å². The first kappa shape index (κ1) is 22.5. The van der Waals surface area contributed by atoms with E-state index in [1.807, 2.05) is 0 Å². The zero-order valence-corrected chi connectivity index (χ0v) is 17.4. The van der Waals surface area contributed by atoms with Gasteiger partial charge < -0.3 is 14.9 Å². The van der Waals surface area contributed by atoms with E-state index in [0.717, 1.165) is 24.3 Å². The van der Waals surface area contributed by atoms with Crippen LogP contribution in [-0.2, 0) is 6.18 Å². The average Bonchev–Trinajstić information content (AvgIpc) is 2.71. The Kier molecular flexibility index (Phi) is 6.40. The van der Waals surface area contributed by atoms with Crippen molar-refractivity contribution >= 4 is 46.6 Å². The lowest BCUT2D eigenvalue weighted by atomic mass is 10.1. The minimum atomic E-state index is -4.48. The molecule has 160 valence electrons. The maximum absolute atomic E-state index is 12.8. The Balaban J connectivity index is 1.69. The molecule has 2 aromatic carbocycles. The third kappa shape index (κ3) is 4.45. The number of piperazine rings is 1. The fourth-order valence-electron chi connectivity index (χ4n) is 3.04. The number of hydrogen-bond acceptors (Lipinski definition) is 3. The largest absolute Gasteiger partial charge is 0.505 e. The summed E-state index contributed by atoms with van der Waals surface area (Å²) >= 11 is 17.8. The number of carbonyl (C=O) groups is 2. The molecular formula is C19H14Cl3F3N2O3. The Morgan fingerprint density at radius 2 is 1.37 bits per heavy atom. The summed E-state index contributed by atoms with van der Waals surface area (Å²) in [5, 5.41) is 9.86. The lowest BCUT2D eigenvalue weighted by Crippen LogP contribution is -2.50. The van der Waals surface area contributed by atoms with E-state index in [9.17, 15) is 27.9 Å². The van der Waals surface area contributed by atoms with Crippen LogP contribution in [0.1, 0.15) is 26.3 Å². The van der Waals surface area contributed by atoms with E-state index in [0.29, 0.717) is 0 Å². The summed E-state index contributed by atoms with van der Waals surface area (Å²) in [6, 6.07) is 5.16. The summed E-state index contributed by atoms with van der Waals surface area (Å²) in [6.07, 6.45) is -4.48. The van der Waals surface area contributed by atoms with Crippen LogP contribution in [0.3, 0.4) is 0 Å². The fraction of sp³-hybridized carbons (Fsp3) is 0.263. The molecule has 0 unspecified atom stereocenters. The van der Waals surface area contributed by atoms with E-state index in [-0.39, 0.29) is 52.4 Å². The van der Waals surface area contributed by atoms with Crippen LogP contribution in [0.2, 0.25) is 15.1 Å². The summed E-state index contributed by atoms with van der Waals surface area (Å²) in [5.41, 5.74) is -0.951. The van der Waals surface area contributed by atoms with E-state index >= 15 is 0 Å². The number of rotatable bonds is 2. The average molecular weight is 482 g/mol. The minimum absolute atomic E-state index is 0.0129. The second kappa shape index (κ2) is 8.53. The predicted molar refractivity (Wildman–Crippen MR) is 106 cm³/mol. The highest BCUT2D eigenvalue weighted by Gasteiger charge is 2.32. The number of hydrogen-bond donors (Lipinski definition) is 1. The summed E-state index contributed by atoms with van der Waals surface area (Å²) in [6.45, 7) is 0.562. The molecule has 1 fully saturated rings. The van der Waals surface area contributed by atoms with Crippen molar-refractivity contribution in [3.8, 4) is 5.75 Å². The highest BCUT2D eigenvalue weighted by molar-refractivity contribution is 6.45. The Morgan fingerprint density at radius 3 is 1.87 bits per heavy atom. The van der Waals surface area contributed by atoms with E-state index in [4.69, 9.17) is 34.8 Å². The van der Waals surface area contributed by atoms with Crippen LogP contribution in [0, 0.1) is 0 Å². The van der Waals surface area contributed by atoms with Gasteiger partial charge in [-0.05, 0) is 30.3 Å². The standard InChI is InChI=1S/C19H14Cl3F3N2O3/c20-12-9-13(21)16(28)14(15(12)22)18(30)27-7-5-26(6-8-27)17(29)10-1-3-11(4-2-10)19(23,24)25/h1-4,9,28H,5-8H2. The van der Waals surface area contributed by atoms with Crippen LogP contribution in [0.15, 0.2) is 30.3 Å². The molecule has 0 aliphatic carbocycles. The summed E-state index contributed by atoms with van der Waals surface area (Å²) in [7, 11) is 0. The van der Waals surface area contributed by atoms with Gasteiger partial charge >= 0.3 is 6.18 Å². The molecule has 2 amide bonds. The third-order valence-corrected chi connectivity index (χ3v) is 5.75. The number of aromatic hydroxyl groups is 1. The molecule has 0 radical (unpaired) electrons. The molecule has 5 nitrogen and oxygen atoms in total. The van der Waals surface area contributed by atoms with Crippen LogP contribution in [-0.4, -0.2) is 52.9 Å². The van der Waals surface area contributed by atoms with E-state index in [2.05, 4.69) is 0 Å². The van der Waals surface area contributed by atoms with E-state index < -0.39 is 29.3 Å². The maximum atomic E-state index is 12.8. The summed E-state index contributed by atoms with van der Waals surface area (Å²) in [4.78, 5) is 28.1. The Bertz CT molecular complexity index is 963. The molecule has 11 heteroatoms. The Morgan fingerprint density at radius 1 is 0.867 bits per heavy atom. The Hall–Kier alpha value is -2.16. The highest BCUT2D eigenvalue weighted by atomic mass is 35.5. The fourth-order valence-corrected chi connectivity index (χ4v) is 3.72. The first-order chi connectivity index (χ1) is 14.0. The van der Waals surface area contributed by atoms with Gasteiger partial charge in [-0.25, -0.2) is 0 Å². The minimum Gasteiger partial charge on any atom is -0.505 e. The molecular weight excluding hydrogens is 468 g/mol. The van der Waals surface area contributed by atoms with Crippen LogP contribution < -0.4 is 0 Å². The molecule has 1 heterocycles. The molecule has 0 atom stereocenters. The molecule has 0 bridgehead atoms. The van der Waals surface area contributed by atoms with Crippen molar-refractivity contribution in [2.24, 2.45) is 0 Å². The number of phenols is 1. The van der Waals surface area contributed by atoms with Crippen LogP contribution >= 0.6 is 34.8 Å². The van der Waals surface area contributed by atoms with Gasteiger partial charge in [-0.2, -0.15) is 13.2 Å². The second-order valence-corrected chi connectivity index (χ2v) is 7.73. The van der Waals surface area contributed by atoms with Crippen LogP contribution in [0.25, 0.3) is 0 Å². The molecule has 1 saturated heterocycles. The molecule has 1 aliphatic rings. The molecule has 1 N–H and O–H groups in total. The van der Waals surface area contributed by atoms with Crippen molar-refractivity contribution in [1.29, 1.82) is 0 Å². The molecule has 30 heavy (non-hydrogen) atoms. The van der Waals surface area contributed by atoms with Gasteiger partial charge in [0.2, 0.25) is 0 Å². The second-order valence-electron chi connectivity index (χ2n) is 6.54. The number of halogens is 6. The number of phenolic OH excluding ortho intramolecular Hbond substituents is 1. The van der Waals surface area contributed by atoms with Gasteiger partial charge in [0.1, 0.15) is 11.3 Å². The molecule has 2 aromatic rings. The first-order valence-corrected chi connectivity index (χ1v) is 9.76. The van der Waals surface area contributed by atoms with Gasteiger partial charge in [-0.1, -0.05) is 34.8 Å². The molecule has 0 aromatic heterocycles. The molecule has 1 aliphatic heterocycles. The summed E-state index contributed by atoms with van der Waals surface area (Å²) < 4.78 is 38.0. The number of carbonyl (C=O) groups excluding carboxylic acids is 2. The van der Waals surface area contributed by atoms with Gasteiger partial charge in [0, 0.05) is 31.7 Å². The molecule has 0 spiro atoms. The predicted octanol–water partition coefficient (Wildman–Crippen LogP) is 4.97. The monoisotopic (exact) mass is 480 g/mol. The van der Waals surface area contributed by atoms with Crippen molar-refractivity contribution in [2.45, 2.75) is 6.18 Å². The first-order valence-electron chi connectivity index (χ1n) is 8.63. The van der Waals surface area contributed by atoms with Gasteiger partial charge in [0.15, 0.2) is 0 Å². The lowest BCUT2D eigenvalue weighted by Gasteiger charge is -2.35. The SMILES string of the molecule is O=C(c1ccc(C(F)(F)F)cc1)N1CCN(C(=O)c2c(O)c(Cl)cc(Cl)c2Cl)CC1. The maximum Gasteiger partial charge on any atom is 0.416 e. The molecule has 3 rings (SSSR count). The smallest absolute Gasteiger partial charge is 0.416 e. The number of alkyl halides is 3. The van der Waals surface area contributed by atoms with Crippen LogP contribution in [0.5, 0.6) is 5.75 Å². The Labute approximate surface area is 184 Å². The van der Waals surface area contributed by atoms with Crippen LogP contribution in [0.4, 0.5) is 13.2 Å². The van der Waals surface area contributed by atoms with Crippen molar-refractivity contribution in [2.75, 3.05) is 26.2 Å². The number of benzene rings is 2.